The van der Waals surface area contributed by atoms with Crippen LogP contribution in [0.25, 0.3) is 5.82 Å². The Morgan fingerprint density at radius 3 is 2.68 bits per heavy atom. The molecule has 2 heterocycles. The summed E-state index contributed by atoms with van der Waals surface area (Å²) in [7, 11) is 1.77. The van der Waals surface area contributed by atoms with E-state index in [-0.39, 0.29) is 6.04 Å². The van der Waals surface area contributed by atoms with Crippen molar-refractivity contribution in [3.05, 3.63) is 78.5 Å². The maximum Gasteiger partial charge on any atom is 0.191 e. The van der Waals surface area contributed by atoms with Gasteiger partial charge >= 0.3 is 0 Å². The molecular formula is C19H22N6. The Morgan fingerprint density at radius 2 is 2.04 bits per heavy atom. The lowest BCUT2D eigenvalue weighted by Crippen LogP contribution is -2.38. The molecule has 0 fully saturated rings. The van der Waals surface area contributed by atoms with Crippen molar-refractivity contribution in [2.45, 2.75) is 19.5 Å². The largest absolute Gasteiger partial charge is 0.352 e. The number of aromatic nitrogens is 3. The van der Waals surface area contributed by atoms with Gasteiger partial charge in [0.2, 0.25) is 0 Å². The quantitative estimate of drug-likeness (QED) is 0.556. The van der Waals surface area contributed by atoms with Crippen molar-refractivity contribution < 1.29 is 0 Å². The molecule has 1 unspecified atom stereocenters. The molecule has 0 saturated carbocycles. The molecular weight excluding hydrogens is 312 g/mol. The molecule has 1 atom stereocenters. The van der Waals surface area contributed by atoms with Crippen molar-refractivity contribution in [1.29, 1.82) is 0 Å². The second-order valence-corrected chi connectivity index (χ2v) is 5.70. The topological polar surface area (TPSA) is 67.1 Å². The predicted molar refractivity (Wildman–Crippen MR) is 99.6 cm³/mol. The van der Waals surface area contributed by atoms with E-state index in [1.807, 2.05) is 47.3 Å². The van der Waals surface area contributed by atoms with Crippen LogP contribution >= 0.6 is 0 Å². The standard InChI is InChI=1S/C19H22N6/c1-15(17-6-4-3-5-7-17)24-19(20-2)23-13-16-8-9-18(22-12-16)25-11-10-21-14-25/h3-12,14-15H,13H2,1-2H3,(H2,20,23,24). The summed E-state index contributed by atoms with van der Waals surface area (Å²) < 4.78 is 1.87. The van der Waals surface area contributed by atoms with Crippen molar-refractivity contribution in [3.63, 3.8) is 0 Å². The zero-order valence-electron chi connectivity index (χ0n) is 14.4. The van der Waals surface area contributed by atoms with Crippen LogP contribution in [0.1, 0.15) is 24.1 Å². The zero-order chi connectivity index (χ0) is 17.5. The third-order valence-electron chi connectivity index (χ3n) is 3.91. The molecule has 0 aliphatic heterocycles. The number of aliphatic imine (C=N–C) groups is 1. The molecule has 0 amide bonds. The highest BCUT2D eigenvalue weighted by molar-refractivity contribution is 5.80. The van der Waals surface area contributed by atoms with Gasteiger partial charge in [-0.15, -0.1) is 0 Å². The number of imidazole rings is 1. The van der Waals surface area contributed by atoms with E-state index in [1.165, 1.54) is 5.56 Å². The maximum atomic E-state index is 4.46. The minimum absolute atomic E-state index is 0.175. The summed E-state index contributed by atoms with van der Waals surface area (Å²) in [6.45, 7) is 2.77. The van der Waals surface area contributed by atoms with Gasteiger partial charge in [-0.3, -0.25) is 9.56 Å². The lowest BCUT2D eigenvalue weighted by Gasteiger charge is -2.18. The van der Waals surface area contributed by atoms with Gasteiger partial charge in [-0.2, -0.15) is 0 Å². The smallest absolute Gasteiger partial charge is 0.191 e. The Bertz CT molecular complexity index is 794. The van der Waals surface area contributed by atoms with E-state index < -0.39 is 0 Å². The Kier molecular flexibility index (Phi) is 5.41. The van der Waals surface area contributed by atoms with Crippen LogP contribution in [0, 0.1) is 0 Å². The number of benzene rings is 1. The molecule has 0 bridgehead atoms. The Hall–Kier alpha value is -3.15. The predicted octanol–water partition coefficient (Wildman–Crippen LogP) is 2.69. The van der Waals surface area contributed by atoms with Crippen LogP contribution in [0.15, 0.2) is 72.4 Å². The molecule has 0 aliphatic carbocycles. The number of hydrogen-bond acceptors (Lipinski definition) is 3. The molecule has 128 valence electrons. The van der Waals surface area contributed by atoms with Crippen LogP contribution in [-0.4, -0.2) is 27.5 Å². The molecule has 25 heavy (non-hydrogen) atoms. The van der Waals surface area contributed by atoms with Gasteiger partial charge < -0.3 is 10.6 Å². The van der Waals surface area contributed by atoms with Gasteiger partial charge in [0, 0.05) is 32.2 Å². The van der Waals surface area contributed by atoms with Gasteiger partial charge in [-0.1, -0.05) is 36.4 Å². The van der Waals surface area contributed by atoms with E-state index in [0.717, 1.165) is 17.3 Å². The summed E-state index contributed by atoms with van der Waals surface area (Å²) in [6.07, 6.45) is 7.20. The molecule has 1 aromatic carbocycles. The fourth-order valence-corrected chi connectivity index (χ4v) is 2.48. The van der Waals surface area contributed by atoms with Crippen molar-refractivity contribution in [2.24, 2.45) is 4.99 Å². The first-order chi connectivity index (χ1) is 12.3. The van der Waals surface area contributed by atoms with Crippen molar-refractivity contribution >= 4 is 5.96 Å². The number of rotatable bonds is 5. The van der Waals surface area contributed by atoms with Gasteiger partial charge in [0.05, 0.1) is 6.04 Å². The zero-order valence-corrected chi connectivity index (χ0v) is 14.4. The molecule has 2 N–H and O–H groups in total. The number of hydrogen-bond donors (Lipinski definition) is 2. The first-order valence-corrected chi connectivity index (χ1v) is 8.21. The van der Waals surface area contributed by atoms with Crippen LogP contribution in [0.3, 0.4) is 0 Å². The van der Waals surface area contributed by atoms with Gasteiger partial charge in [0.1, 0.15) is 12.1 Å². The Balaban J connectivity index is 1.56. The van der Waals surface area contributed by atoms with Gasteiger partial charge in [0.25, 0.3) is 0 Å². The highest BCUT2D eigenvalue weighted by atomic mass is 15.2. The Labute approximate surface area is 147 Å². The molecule has 0 saturated heterocycles. The van der Waals surface area contributed by atoms with Crippen LogP contribution in [0.4, 0.5) is 0 Å². The first kappa shape index (κ1) is 16.7. The minimum atomic E-state index is 0.175. The fraction of sp³-hybridized carbons (Fsp3) is 0.211. The normalized spacial score (nSPS) is 12.6. The van der Waals surface area contributed by atoms with Crippen molar-refractivity contribution in [2.75, 3.05) is 7.05 Å². The summed E-state index contributed by atoms with van der Waals surface area (Å²) in [5, 5.41) is 6.71. The number of guanidine groups is 1. The minimum Gasteiger partial charge on any atom is -0.352 e. The highest BCUT2D eigenvalue weighted by Gasteiger charge is 2.07. The van der Waals surface area contributed by atoms with Gasteiger partial charge in [-0.25, -0.2) is 9.97 Å². The second kappa shape index (κ2) is 8.10. The van der Waals surface area contributed by atoms with E-state index in [4.69, 9.17) is 0 Å². The average Bonchev–Trinajstić information content (AvgIpc) is 3.21. The SMILES string of the molecule is CN=C(NCc1ccc(-n2ccnc2)nc1)NC(C)c1ccccc1. The molecule has 0 spiro atoms. The van der Waals surface area contributed by atoms with Crippen molar-refractivity contribution in [1.82, 2.24) is 25.2 Å². The van der Waals surface area contributed by atoms with Gasteiger partial charge in [0.15, 0.2) is 5.96 Å². The third-order valence-corrected chi connectivity index (χ3v) is 3.91. The fourth-order valence-electron chi connectivity index (χ4n) is 2.48. The number of nitrogens with zero attached hydrogens (tertiary/aromatic N) is 4. The first-order valence-electron chi connectivity index (χ1n) is 8.21. The van der Waals surface area contributed by atoms with E-state index in [2.05, 4.69) is 44.7 Å². The average molecular weight is 334 g/mol. The Morgan fingerprint density at radius 1 is 1.20 bits per heavy atom. The molecule has 3 rings (SSSR count). The number of pyridine rings is 1. The van der Waals surface area contributed by atoms with E-state index in [9.17, 15) is 0 Å². The van der Waals surface area contributed by atoms with Gasteiger partial charge in [-0.05, 0) is 24.1 Å². The van der Waals surface area contributed by atoms with Crippen LogP contribution in [0.5, 0.6) is 0 Å². The highest BCUT2D eigenvalue weighted by Crippen LogP contribution is 2.11. The lowest BCUT2D eigenvalue weighted by atomic mass is 10.1. The summed E-state index contributed by atoms with van der Waals surface area (Å²) in [5.41, 5.74) is 2.30. The monoisotopic (exact) mass is 334 g/mol. The molecule has 2 aromatic heterocycles. The third kappa shape index (κ3) is 4.44. The molecule has 0 aliphatic rings. The summed E-state index contributed by atoms with van der Waals surface area (Å²) in [5.74, 6) is 1.61. The molecule has 6 heteroatoms. The van der Waals surface area contributed by atoms with E-state index >= 15 is 0 Å². The van der Waals surface area contributed by atoms with Crippen LogP contribution in [0.2, 0.25) is 0 Å². The summed E-state index contributed by atoms with van der Waals surface area (Å²) in [6, 6.07) is 14.5. The summed E-state index contributed by atoms with van der Waals surface area (Å²) in [4.78, 5) is 12.8. The van der Waals surface area contributed by atoms with Crippen LogP contribution < -0.4 is 10.6 Å². The maximum absolute atomic E-state index is 4.46. The summed E-state index contributed by atoms with van der Waals surface area (Å²) >= 11 is 0. The lowest BCUT2D eigenvalue weighted by molar-refractivity contribution is 0.685. The second-order valence-electron chi connectivity index (χ2n) is 5.70. The van der Waals surface area contributed by atoms with Crippen molar-refractivity contribution in [3.8, 4) is 5.82 Å². The molecule has 3 aromatic rings. The molecule has 6 nitrogen and oxygen atoms in total. The number of nitrogens with one attached hydrogen (secondary N) is 2. The molecule has 0 radical (unpaired) electrons. The van der Waals surface area contributed by atoms with Crippen LogP contribution in [-0.2, 0) is 6.54 Å². The van der Waals surface area contributed by atoms with E-state index in [0.29, 0.717) is 6.54 Å². The van der Waals surface area contributed by atoms with E-state index in [1.54, 1.807) is 19.6 Å².